The highest BCUT2D eigenvalue weighted by molar-refractivity contribution is 5.88. The molecule has 0 aliphatic carbocycles. The standard InChI is InChI=1S/C12H16N2O/c1-3-15-11-6-4-5-9-10(8(2)13)7-14-12(9)11/h4-8,14H,3,13H2,1-2H3. The minimum absolute atomic E-state index is 0.0376. The van der Waals surface area contributed by atoms with Crippen molar-refractivity contribution < 1.29 is 4.74 Å². The number of aromatic amines is 1. The van der Waals surface area contributed by atoms with Gasteiger partial charge in [0, 0.05) is 17.6 Å². The maximum atomic E-state index is 5.89. The van der Waals surface area contributed by atoms with Gasteiger partial charge in [0.2, 0.25) is 0 Å². The van der Waals surface area contributed by atoms with Crippen LogP contribution in [0.5, 0.6) is 5.75 Å². The van der Waals surface area contributed by atoms with E-state index in [4.69, 9.17) is 10.5 Å². The number of aromatic nitrogens is 1. The van der Waals surface area contributed by atoms with E-state index in [1.165, 1.54) is 0 Å². The number of hydrogen-bond donors (Lipinski definition) is 2. The van der Waals surface area contributed by atoms with Crippen LogP contribution in [0.2, 0.25) is 0 Å². The molecule has 0 saturated heterocycles. The first-order valence-electron chi connectivity index (χ1n) is 5.22. The molecule has 2 rings (SSSR count). The summed E-state index contributed by atoms with van der Waals surface area (Å²) >= 11 is 0. The van der Waals surface area contributed by atoms with E-state index in [9.17, 15) is 0 Å². The predicted octanol–water partition coefficient (Wildman–Crippen LogP) is 2.59. The summed E-state index contributed by atoms with van der Waals surface area (Å²) in [6, 6.07) is 6.06. The number of para-hydroxylation sites is 1. The Labute approximate surface area is 89.2 Å². The molecule has 2 aromatic rings. The van der Waals surface area contributed by atoms with Gasteiger partial charge in [0.05, 0.1) is 12.1 Å². The average Bonchev–Trinajstić information content (AvgIpc) is 2.62. The predicted molar refractivity (Wildman–Crippen MR) is 62.1 cm³/mol. The summed E-state index contributed by atoms with van der Waals surface area (Å²) in [7, 11) is 0. The van der Waals surface area contributed by atoms with Crippen LogP contribution >= 0.6 is 0 Å². The zero-order valence-corrected chi connectivity index (χ0v) is 9.08. The molecule has 0 amide bonds. The Kier molecular flexibility index (Phi) is 2.64. The highest BCUT2D eigenvalue weighted by Gasteiger charge is 2.10. The number of hydrogen-bond acceptors (Lipinski definition) is 2. The van der Waals surface area contributed by atoms with Crippen molar-refractivity contribution in [3.05, 3.63) is 30.0 Å². The maximum Gasteiger partial charge on any atom is 0.143 e. The summed E-state index contributed by atoms with van der Waals surface area (Å²) in [5.74, 6) is 0.891. The summed E-state index contributed by atoms with van der Waals surface area (Å²) < 4.78 is 5.54. The monoisotopic (exact) mass is 204 g/mol. The molecule has 80 valence electrons. The van der Waals surface area contributed by atoms with Crippen molar-refractivity contribution in [2.24, 2.45) is 5.73 Å². The summed E-state index contributed by atoms with van der Waals surface area (Å²) in [4.78, 5) is 3.22. The van der Waals surface area contributed by atoms with Gasteiger partial charge >= 0.3 is 0 Å². The summed E-state index contributed by atoms with van der Waals surface area (Å²) in [6.07, 6.45) is 1.96. The lowest BCUT2D eigenvalue weighted by Crippen LogP contribution is -2.03. The quantitative estimate of drug-likeness (QED) is 0.807. The van der Waals surface area contributed by atoms with E-state index >= 15 is 0 Å². The molecule has 0 fully saturated rings. The summed E-state index contributed by atoms with van der Waals surface area (Å²) in [6.45, 7) is 4.63. The van der Waals surface area contributed by atoms with Crippen LogP contribution in [0.3, 0.4) is 0 Å². The van der Waals surface area contributed by atoms with Gasteiger partial charge in [-0.05, 0) is 25.5 Å². The van der Waals surface area contributed by atoms with Gasteiger partial charge in [0.1, 0.15) is 5.75 Å². The van der Waals surface area contributed by atoms with Gasteiger partial charge in [-0.15, -0.1) is 0 Å². The molecular formula is C12H16N2O. The van der Waals surface area contributed by atoms with Crippen molar-refractivity contribution in [3.63, 3.8) is 0 Å². The van der Waals surface area contributed by atoms with Crippen LogP contribution in [-0.2, 0) is 0 Å². The molecule has 1 aromatic carbocycles. The van der Waals surface area contributed by atoms with Crippen LogP contribution in [0.1, 0.15) is 25.5 Å². The van der Waals surface area contributed by atoms with Crippen LogP contribution in [0.25, 0.3) is 10.9 Å². The Bertz CT molecular complexity index is 460. The normalized spacial score (nSPS) is 13.0. The molecule has 1 atom stereocenters. The summed E-state index contributed by atoms with van der Waals surface area (Å²) in [5.41, 5.74) is 8.05. The molecule has 0 aliphatic heterocycles. The lowest BCUT2D eigenvalue weighted by molar-refractivity contribution is 0.344. The van der Waals surface area contributed by atoms with Crippen LogP contribution in [0.15, 0.2) is 24.4 Å². The number of rotatable bonds is 3. The van der Waals surface area contributed by atoms with E-state index in [1.54, 1.807) is 0 Å². The van der Waals surface area contributed by atoms with Crippen LogP contribution in [0, 0.1) is 0 Å². The third-order valence-electron chi connectivity index (χ3n) is 2.50. The zero-order valence-electron chi connectivity index (χ0n) is 9.08. The van der Waals surface area contributed by atoms with Gasteiger partial charge in [-0.25, -0.2) is 0 Å². The fourth-order valence-corrected chi connectivity index (χ4v) is 1.80. The van der Waals surface area contributed by atoms with Gasteiger partial charge in [-0.2, -0.15) is 0 Å². The minimum atomic E-state index is 0.0376. The van der Waals surface area contributed by atoms with Gasteiger partial charge in [0.15, 0.2) is 0 Å². The Morgan fingerprint density at radius 3 is 2.93 bits per heavy atom. The Morgan fingerprint density at radius 2 is 2.27 bits per heavy atom. The number of nitrogens with two attached hydrogens (primary N) is 1. The van der Waals surface area contributed by atoms with Gasteiger partial charge in [-0.3, -0.25) is 0 Å². The minimum Gasteiger partial charge on any atom is -0.492 e. The van der Waals surface area contributed by atoms with Crippen molar-refractivity contribution in [2.75, 3.05) is 6.61 Å². The highest BCUT2D eigenvalue weighted by Crippen LogP contribution is 2.29. The number of fused-ring (bicyclic) bond motifs is 1. The molecule has 1 unspecified atom stereocenters. The zero-order chi connectivity index (χ0) is 10.8. The van der Waals surface area contributed by atoms with E-state index in [-0.39, 0.29) is 6.04 Å². The molecule has 1 heterocycles. The highest BCUT2D eigenvalue weighted by atomic mass is 16.5. The molecule has 0 bridgehead atoms. The van der Waals surface area contributed by atoms with E-state index < -0.39 is 0 Å². The van der Waals surface area contributed by atoms with Gasteiger partial charge < -0.3 is 15.5 Å². The average molecular weight is 204 g/mol. The Hall–Kier alpha value is -1.48. The van der Waals surface area contributed by atoms with Crippen molar-refractivity contribution in [1.29, 1.82) is 0 Å². The van der Waals surface area contributed by atoms with Crippen LogP contribution in [-0.4, -0.2) is 11.6 Å². The number of nitrogens with one attached hydrogen (secondary N) is 1. The molecular weight excluding hydrogens is 188 g/mol. The molecule has 0 radical (unpaired) electrons. The van der Waals surface area contributed by atoms with Gasteiger partial charge in [-0.1, -0.05) is 12.1 Å². The molecule has 1 aromatic heterocycles. The number of ether oxygens (including phenoxy) is 1. The fraction of sp³-hybridized carbons (Fsp3) is 0.333. The second kappa shape index (κ2) is 3.95. The van der Waals surface area contributed by atoms with Gasteiger partial charge in [0.25, 0.3) is 0 Å². The van der Waals surface area contributed by atoms with E-state index in [0.29, 0.717) is 6.61 Å². The molecule has 0 spiro atoms. The van der Waals surface area contributed by atoms with E-state index in [1.807, 2.05) is 32.2 Å². The van der Waals surface area contributed by atoms with Crippen LogP contribution in [0.4, 0.5) is 0 Å². The SMILES string of the molecule is CCOc1cccc2c(C(C)N)c[nH]c12. The topological polar surface area (TPSA) is 51.0 Å². The van der Waals surface area contributed by atoms with Crippen molar-refractivity contribution >= 4 is 10.9 Å². The van der Waals surface area contributed by atoms with Crippen molar-refractivity contribution in [3.8, 4) is 5.75 Å². The lowest BCUT2D eigenvalue weighted by atomic mass is 10.1. The first-order valence-corrected chi connectivity index (χ1v) is 5.22. The molecule has 0 saturated carbocycles. The Morgan fingerprint density at radius 1 is 1.47 bits per heavy atom. The van der Waals surface area contributed by atoms with Crippen molar-refractivity contribution in [2.45, 2.75) is 19.9 Å². The second-order valence-electron chi connectivity index (χ2n) is 3.64. The second-order valence-corrected chi connectivity index (χ2v) is 3.64. The van der Waals surface area contributed by atoms with Crippen molar-refractivity contribution in [1.82, 2.24) is 4.98 Å². The molecule has 3 heteroatoms. The molecule has 0 aliphatic rings. The number of H-pyrrole nitrogens is 1. The lowest BCUT2D eigenvalue weighted by Gasteiger charge is -2.05. The Balaban J connectivity index is 2.58. The van der Waals surface area contributed by atoms with E-state index in [2.05, 4.69) is 11.1 Å². The van der Waals surface area contributed by atoms with Crippen LogP contribution < -0.4 is 10.5 Å². The third kappa shape index (κ3) is 1.70. The molecule has 3 N–H and O–H groups in total. The first kappa shape index (κ1) is 10.1. The first-order chi connectivity index (χ1) is 7.24. The smallest absolute Gasteiger partial charge is 0.143 e. The summed E-state index contributed by atoms with van der Waals surface area (Å²) in [5, 5.41) is 1.15. The molecule has 15 heavy (non-hydrogen) atoms. The largest absolute Gasteiger partial charge is 0.492 e. The fourth-order valence-electron chi connectivity index (χ4n) is 1.80. The number of benzene rings is 1. The third-order valence-corrected chi connectivity index (χ3v) is 2.50. The molecule has 3 nitrogen and oxygen atoms in total. The van der Waals surface area contributed by atoms with E-state index in [0.717, 1.165) is 22.2 Å². The maximum absolute atomic E-state index is 5.89.